The molecule has 2 nitrogen and oxygen atoms in total. The molecule has 13 aromatic rings. The van der Waals surface area contributed by atoms with E-state index < -0.39 is 0 Å². The van der Waals surface area contributed by atoms with Gasteiger partial charge in [0, 0.05) is 21.5 Å². The number of anilines is 3. The maximum Gasteiger partial charge on any atom is 0.159 e. The largest absolute Gasteiger partial charge is 0.454 e. The molecule has 1 aromatic heterocycles. The molecule has 13 rings (SSSR count). The molecule has 0 atom stereocenters. The number of nitrogens with zero attached hydrogens (tertiary/aromatic N) is 1. The van der Waals surface area contributed by atoms with E-state index in [9.17, 15) is 0 Å². The highest BCUT2D eigenvalue weighted by atomic mass is 16.3. The van der Waals surface area contributed by atoms with Gasteiger partial charge in [-0.2, -0.15) is 0 Å². The van der Waals surface area contributed by atoms with Crippen LogP contribution in [0.1, 0.15) is 0 Å². The molecule has 58 heavy (non-hydrogen) atoms. The fourth-order valence-corrected chi connectivity index (χ4v) is 10.00. The van der Waals surface area contributed by atoms with E-state index in [1.54, 1.807) is 0 Å². The Labute approximate surface area is 334 Å². The summed E-state index contributed by atoms with van der Waals surface area (Å²) in [7, 11) is 0. The maximum atomic E-state index is 6.85. The molecule has 12 aromatic carbocycles. The predicted octanol–water partition coefficient (Wildman–Crippen LogP) is 16.2. The van der Waals surface area contributed by atoms with Crippen LogP contribution >= 0.6 is 0 Å². The molecule has 0 radical (unpaired) electrons. The minimum Gasteiger partial charge on any atom is -0.454 e. The third kappa shape index (κ3) is 4.37. The van der Waals surface area contributed by atoms with Gasteiger partial charge in [-0.25, -0.2) is 0 Å². The number of hydrogen-bond acceptors (Lipinski definition) is 2. The average molecular weight is 736 g/mol. The second-order valence-electron chi connectivity index (χ2n) is 15.6. The molecule has 0 aliphatic rings. The van der Waals surface area contributed by atoms with Crippen molar-refractivity contribution in [2.75, 3.05) is 4.90 Å². The zero-order valence-corrected chi connectivity index (χ0v) is 31.4. The molecule has 0 unspecified atom stereocenters. The van der Waals surface area contributed by atoms with Crippen molar-refractivity contribution < 1.29 is 4.42 Å². The van der Waals surface area contributed by atoms with Crippen molar-refractivity contribution >= 4 is 104 Å². The summed E-state index contributed by atoms with van der Waals surface area (Å²) in [5.74, 6) is 0. The van der Waals surface area contributed by atoms with Gasteiger partial charge in [-0.15, -0.1) is 0 Å². The molecule has 0 fully saturated rings. The lowest BCUT2D eigenvalue weighted by molar-refractivity contribution is 0.669. The lowest BCUT2D eigenvalue weighted by Crippen LogP contribution is -2.11. The van der Waals surface area contributed by atoms with Crippen LogP contribution in [0.4, 0.5) is 17.1 Å². The predicted molar refractivity (Wildman–Crippen MR) is 247 cm³/mol. The first-order valence-electron chi connectivity index (χ1n) is 20.0. The smallest absolute Gasteiger partial charge is 0.159 e. The Morgan fingerprint density at radius 2 is 0.707 bits per heavy atom. The molecule has 0 amide bonds. The van der Waals surface area contributed by atoms with E-state index in [1.165, 1.54) is 86.9 Å². The van der Waals surface area contributed by atoms with Gasteiger partial charge in [-0.3, -0.25) is 0 Å². The molecule has 1 heterocycles. The third-order valence-electron chi connectivity index (χ3n) is 12.6. The summed E-state index contributed by atoms with van der Waals surface area (Å²) < 4.78 is 6.85. The first-order chi connectivity index (χ1) is 28.8. The maximum absolute atomic E-state index is 6.85. The van der Waals surface area contributed by atoms with Gasteiger partial charge in [0.05, 0.1) is 17.1 Å². The monoisotopic (exact) mass is 735 g/mol. The molecule has 0 saturated carbocycles. The van der Waals surface area contributed by atoms with Gasteiger partial charge >= 0.3 is 0 Å². The Bertz CT molecular complexity index is 3540. The highest BCUT2D eigenvalue weighted by molar-refractivity contribution is 6.31. The van der Waals surface area contributed by atoms with Gasteiger partial charge in [0.2, 0.25) is 0 Å². The number of furan rings is 1. The van der Waals surface area contributed by atoms with Crippen LogP contribution in [0.3, 0.4) is 0 Å². The Kier molecular flexibility index (Phi) is 6.47. The summed E-state index contributed by atoms with van der Waals surface area (Å²) in [4.78, 5) is 2.47. The summed E-state index contributed by atoms with van der Waals surface area (Å²) in [6, 6.07) is 73.3. The Morgan fingerprint density at radius 3 is 1.26 bits per heavy atom. The number of para-hydroxylation sites is 2. The van der Waals surface area contributed by atoms with Crippen molar-refractivity contribution in [3.8, 4) is 22.3 Å². The average Bonchev–Trinajstić information content (AvgIpc) is 3.68. The quantitative estimate of drug-likeness (QED) is 0.164. The van der Waals surface area contributed by atoms with E-state index in [4.69, 9.17) is 4.42 Å². The third-order valence-corrected chi connectivity index (χ3v) is 12.6. The van der Waals surface area contributed by atoms with Crippen molar-refractivity contribution in [1.82, 2.24) is 0 Å². The van der Waals surface area contributed by atoms with E-state index >= 15 is 0 Å². The molecular weight excluding hydrogens is 703 g/mol. The fourth-order valence-electron chi connectivity index (χ4n) is 10.00. The molecule has 0 saturated heterocycles. The minimum atomic E-state index is 0.873. The van der Waals surface area contributed by atoms with Gasteiger partial charge in [0.1, 0.15) is 5.58 Å². The molecule has 0 aliphatic carbocycles. The summed E-state index contributed by atoms with van der Waals surface area (Å²) in [5.41, 5.74) is 9.94. The van der Waals surface area contributed by atoms with Crippen molar-refractivity contribution in [3.05, 3.63) is 200 Å². The Balaban J connectivity index is 1.15. The number of benzene rings is 12. The topological polar surface area (TPSA) is 16.4 Å². The minimum absolute atomic E-state index is 0.873. The normalized spacial score (nSPS) is 12.1. The van der Waals surface area contributed by atoms with Gasteiger partial charge in [-0.05, 0) is 100 Å². The first-order valence-corrected chi connectivity index (χ1v) is 20.0. The van der Waals surface area contributed by atoms with Crippen LogP contribution in [0.15, 0.2) is 205 Å². The zero-order chi connectivity index (χ0) is 37.9. The SMILES string of the molecule is c1ccc(-c2ccc3ccc4c(N(c5ccc6ccc7c(-c8ccccc8)ccc8ccc5c6c87)c5cccc6c5oc5ccccc56)ccc5ccc2c3c54)cc1. The van der Waals surface area contributed by atoms with Crippen LogP contribution in [0.2, 0.25) is 0 Å². The molecule has 2 heteroatoms. The number of hydrogen-bond donors (Lipinski definition) is 0. The summed E-state index contributed by atoms with van der Waals surface area (Å²) in [6.45, 7) is 0. The fraction of sp³-hybridized carbons (Fsp3) is 0. The van der Waals surface area contributed by atoms with E-state index in [0.717, 1.165) is 39.0 Å². The highest BCUT2D eigenvalue weighted by Gasteiger charge is 2.25. The van der Waals surface area contributed by atoms with Crippen LogP contribution in [-0.4, -0.2) is 0 Å². The van der Waals surface area contributed by atoms with Crippen molar-refractivity contribution in [3.63, 3.8) is 0 Å². The second kappa shape index (κ2) is 11.9. The van der Waals surface area contributed by atoms with Gasteiger partial charge in [-0.1, -0.05) is 176 Å². The molecular formula is C56H33NO. The van der Waals surface area contributed by atoms with E-state index in [1.807, 2.05) is 0 Å². The summed E-state index contributed by atoms with van der Waals surface area (Å²) in [6.07, 6.45) is 0. The van der Waals surface area contributed by atoms with Crippen LogP contribution in [0.25, 0.3) is 109 Å². The van der Waals surface area contributed by atoms with Gasteiger partial charge in [0.25, 0.3) is 0 Å². The molecule has 0 bridgehead atoms. The van der Waals surface area contributed by atoms with Crippen LogP contribution < -0.4 is 4.90 Å². The first kappa shape index (κ1) is 31.5. The van der Waals surface area contributed by atoms with E-state index in [2.05, 4.69) is 205 Å². The van der Waals surface area contributed by atoms with Crippen LogP contribution in [-0.2, 0) is 0 Å². The van der Waals surface area contributed by atoms with Gasteiger partial charge < -0.3 is 9.32 Å². The standard InChI is InChI=1S/C56H33NO/c1-3-10-34(11-4-1)40-26-18-36-22-30-46-48(32-24-38-20-28-43(40)52(36)54(38)46)57(50-16-9-15-45-42-14-7-8-17-51(42)58-56(45)50)49-33-25-39-21-29-44-41(35-12-5-2-6-13-35)27-19-37-23-31-47(49)55(39)53(37)44/h1-33H. The Hall–Kier alpha value is -7.68. The van der Waals surface area contributed by atoms with E-state index in [0.29, 0.717) is 0 Å². The number of fused-ring (bicyclic) bond motifs is 3. The summed E-state index contributed by atoms with van der Waals surface area (Å²) in [5, 5.41) is 17.2. The lowest BCUT2D eigenvalue weighted by atomic mass is 9.88. The highest BCUT2D eigenvalue weighted by Crippen LogP contribution is 2.51. The summed E-state index contributed by atoms with van der Waals surface area (Å²) >= 11 is 0. The van der Waals surface area contributed by atoms with Crippen LogP contribution in [0.5, 0.6) is 0 Å². The molecule has 268 valence electrons. The van der Waals surface area contributed by atoms with Crippen molar-refractivity contribution in [1.29, 1.82) is 0 Å². The second-order valence-corrected chi connectivity index (χ2v) is 15.6. The van der Waals surface area contributed by atoms with Gasteiger partial charge in [0.15, 0.2) is 5.58 Å². The van der Waals surface area contributed by atoms with Crippen molar-refractivity contribution in [2.45, 2.75) is 0 Å². The van der Waals surface area contributed by atoms with E-state index in [-0.39, 0.29) is 0 Å². The molecule has 0 spiro atoms. The zero-order valence-electron chi connectivity index (χ0n) is 31.4. The lowest BCUT2D eigenvalue weighted by Gasteiger charge is -2.29. The van der Waals surface area contributed by atoms with Crippen LogP contribution in [0, 0.1) is 0 Å². The number of rotatable bonds is 5. The van der Waals surface area contributed by atoms with Crippen molar-refractivity contribution in [2.24, 2.45) is 0 Å². The molecule has 0 N–H and O–H groups in total. The molecule has 0 aliphatic heterocycles. The Morgan fingerprint density at radius 1 is 0.276 bits per heavy atom.